The van der Waals surface area contributed by atoms with Gasteiger partial charge >= 0.3 is 0 Å². The first kappa shape index (κ1) is 20.2. The lowest BCUT2D eigenvalue weighted by molar-refractivity contribution is -0.120. The zero-order valence-corrected chi connectivity index (χ0v) is 15.9. The van der Waals surface area contributed by atoms with Crippen LogP contribution >= 0.6 is 0 Å². The molecule has 24 heavy (non-hydrogen) atoms. The summed E-state index contributed by atoms with van der Waals surface area (Å²) in [5.74, 6) is 0.355. The van der Waals surface area contributed by atoms with E-state index >= 15 is 0 Å². The highest BCUT2D eigenvalue weighted by Gasteiger charge is 2.18. The molecule has 0 amide bonds. The summed E-state index contributed by atoms with van der Waals surface area (Å²) >= 11 is 0. The third kappa shape index (κ3) is 5.96. The van der Waals surface area contributed by atoms with E-state index in [4.69, 9.17) is 0 Å². The zero-order chi connectivity index (χ0) is 17.9. The van der Waals surface area contributed by atoms with Gasteiger partial charge in [-0.1, -0.05) is 75.7 Å². The fourth-order valence-corrected chi connectivity index (χ4v) is 3.00. The van der Waals surface area contributed by atoms with Crippen molar-refractivity contribution in [1.82, 2.24) is 0 Å². The van der Waals surface area contributed by atoms with E-state index in [0.29, 0.717) is 0 Å². The van der Waals surface area contributed by atoms with E-state index in [1.807, 2.05) is 13.8 Å². The van der Waals surface area contributed by atoms with Gasteiger partial charge in [0.15, 0.2) is 0 Å². The number of benzene rings is 2. The molecule has 0 spiro atoms. The number of carbonyl (C=O) groups excluding carboxylic acids is 1. The molecule has 1 heteroatoms. The van der Waals surface area contributed by atoms with Crippen molar-refractivity contribution < 1.29 is 4.79 Å². The fraction of sp³-hybridized carbons (Fsp3) is 0.435. The minimum Gasteiger partial charge on any atom is -0.300 e. The van der Waals surface area contributed by atoms with Gasteiger partial charge in [-0.25, -0.2) is 0 Å². The summed E-state index contributed by atoms with van der Waals surface area (Å²) in [7, 11) is 0. The maximum Gasteiger partial charge on any atom is 0.133 e. The monoisotopic (exact) mass is 324 g/mol. The molecule has 2 aromatic rings. The van der Waals surface area contributed by atoms with Crippen LogP contribution < -0.4 is 0 Å². The third-order valence-electron chi connectivity index (χ3n) is 4.41. The van der Waals surface area contributed by atoms with Crippen LogP contribution in [0, 0.1) is 12.8 Å². The highest BCUT2D eigenvalue weighted by molar-refractivity contribution is 5.79. The minimum absolute atomic E-state index is 0.0686. The lowest BCUT2D eigenvalue weighted by atomic mass is 9.86. The molecule has 1 unspecified atom stereocenters. The highest BCUT2D eigenvalue weighted by Crippen LogP contribution is 2.21. The average molecular weight is 325 g/mol. The van der Waals surface area contributed by atoms with Crippen LogP contribution in [0.25, 0.3) is 0 Å². The van der Waals surface area contributed by atoms with Gasteiger partial charge in [0.05, 0.1) is 0 Å². The predicted octanol–water partition coefficient (Wildman–Crippen LogP) is 5.96. The molecule has 0 aliphatic heterocycles. The molecule has 0 fully saturated rings. The number of ketones is 1. The number of carbonyl (C=O) groups is 1. The lowest BCUT2D eigenvalue weighted by Gasteiger charge is -2.17. The summed E-state index contributed by atoms with van der Waals surface area (Å²) < 4.78 is 0. The molecule has 0 N–H and O–H groups in total. The van der Waals surface area contributed by atoms with E-state index in [2.05, 4.69) is 62.4 Å². The molecule has 0 aliphatic rings. The van der Waals surface area contributed by atoms with Crippen LogP contribution in [-0.4, -0.2) is 5.78 Å². The molecule has 1 nitrogen and oxygen atoms in total. The van der Waals surface area contributed by atoms with Crippen molar-refractivity contribution in [3.63, 3.8) is 0 Å². The number of aryl methyl sites for hydroxylation is 2. The molecule has 0 radical (unpaired) electrons. The number of hydrogen-bond acceptors (Lipinski definition) is 1. The van der Waals surface area contributed by atoms with E-state index in [9.17, 15) is 4.79 Å². The van der Waals surface area contributed by atoms with Crippen molar-refractivity contribution in [2.75, 3.05) is 0 Å². The van der Waals surface area contributed by atoms with Crippen LogP contribution in [0.5, 0.6) is 0 Å². The molecule has 1 atom stereocenters. The van der Waals surface area contributed by atoms with Crippen molar-refractivity contribution in [2.24, 2.45) is 5.92 Å². The van der Waals surface area contributed by atoms with Crippen LogP contribution in [0.4, 0.5) is 0 Å². The van der Waals surface area contributed by atoms with Gasteiger partial charge in [0.2, 0.25) is 0 Å². The Balaban J connectivity index is 0.00000139. The number of rotatable bonds is 7. The topological polar surface area (TPSA) is 17.1 Å². The van der Waals surface area contributed by atoms with Gasteiger partial charge in [0, 0.05) is 5.92 Å². The summed E-state index contributed by atoms with van der Waals surface area (Å²) in [4.78, 5) is 12.1. The van der Waals surface area contributed by atoms with Gasteiger partial charge in [-0.15, -0.1) is 0 Å². The van der Waals surface area contributed by atoms with Gasteiger partial charge in [-0.2, -0.15) is 0 Å². The standard InChI is InChI=1S/C21H26O.C2H6/c1-4-9-18-11-7-8-13-20(18)15-21(17(3)22)14-19-12-6-5-10-16(19)2;1-2/h5-8,10-13,21H,4,9,14-15H2,1-3H3;1-2H3. The predicted molar refractivity (Wildman–Crippen MR) is 105 cm³/mol. The summed E-state index contributed by atoms with van der Waals surface area (Å²) in [6.07, 6.45) is 3.91. The van der Waals surface area contributed by atoms with E-state index in [0.717, 1.165) is 25.7 Å². The van der Waals surface area contributed by atoms with Crippen molar-refractivity contribution in [3.8, 4) is 0 Å². The largest absolute Gasteiger partial charge is 0.300 e. The quantitative estimate of drug-likeness (QED) is 0.613. The average Bonchev–Trinajstić information content (AvgIpc) is 2.59. The van der Waals surface area contributed by atoms with Crippen LogP contribution in [0.1, 0.15) is 56.4 Å². The Kier molecular flexibility index (Phi) is 9.07. The van der Waals surface area contributed by atoms with Gasteiger partial charge in [0.1, 0.15) is 5.78 Å². The molecule has 2 aromatic carbocycles. The van der Waals surface area contributed by atoms with E-state index in [-0.39, 0.29) is 11.7 Å². The Labute approximate surface area is 148 Å². The fourth-order valence-electron chi connectivity index (χ4n) is 3.00. The van der Waals surface area contributed by atoms with Crippen molar-refractivity contribution >= 4 is 5.78 Å². The summed E-state index contributed by atoms with van der Waals surface area (Å²) in [5, 5.41) is 0. The second-order valence-corrected chi connectivity index (χ2v) is 6.16. The molecule has 0 aromatic heterocycles. The van der Waals surface area contributed by atoms with Gasteiger partial charge in [0.25, 0.3) is 0 Å². The summed E-state index contributed by atoms with van der Waals surface area (Å²) in [5.41, 5.74) is 5.28. The van der Waals surface area contributed by atoms with Crippen LogP contribution in [0.2, 0.25) is 0 Å². The molecule has 2 rings (SSSR count). The van der Waals surface area contributed by atoms with Gasteiger partial charge in [-0.3, -0.25) is 4.79 Å². The molecular formula is C23H32O. The molecule has 0 aliphatic carbocycles. The molecule has 0 saturated carbocycles. The Bertz CT molecular complexity index is 627. The van der Waals surface area contributed by atoms with Gasteiger partial charge in [-0.05, 0) is 55.4 Å². The summed E-state index contributed by atoms with van der Waals surface area (Å²) in [6, 6.07) is 16.9. The maximum absolute atomic E-state index is 12.1. The van der Waals surface area contributed by atoms with Crippen molar-refractivity contribution in [2.45, 2.75) is 60.3 Å². The number of hydrogen-bond donors (Lipinski definition) is 0. The molecule has 0 saturated heterocycles. The Morgan fingerprint density at radius 3 is 1.92 bits per heavy atom. The van der Waals surface area contributed by atoms with Crippen LogP contribution in [-0.2, 0) is 24.1 Å². The van der Waals surface area contributed by atoms with E-state index in [1.54, 1.807) is 6.92 Å². The third-order valence-corrected chi connectivity index (χ3v) is 4.41. The Hall–Kier alpha value is -1.89. The normalized spacial score (nSPS) is 11.4. The van der Waals surface area contributed by atoms with E-state index in [1.165, 1.54) is 22.3 Å². The summed E-state index contributed by atoms with van der Waals surface area (Å²) in [6.45, 7) is 10.1. The molecule has 0 heterocycles. The highest BCUT2D eigenvalue weighted by atomic mass is 16.1. The second kappa shape index (κ2) is 10.8. The van der Waals surface area contributed by atoms with Gasteiger partial charge < -0.3 is 0 Å². The second-order valence-electron chi connectivity index (χ2n) is 6.16. The molecular weight excluding hydrogens is 292 g/mol. The van der Waals surface area contributed by atoms with Crippen molar-refractivity contribution in [3.05, 3.63) is 70.8 Å². The first-order valence-electron chi connectivity index (χ1n) is 9.23. The van der Waals surface area contributed by atoms with Crippen molar-refractivity contribution in [1.29, 1.82) is 0 Å². The first-order valence-corrected chi connectivity index (χ1v) is 9.23. The minimum atomic E-state index is 0.0686. The lowest BCUT2D eigenvalue weighted by Crippen LogP contribution is -2.18. The SMILES string of the molecule is CC.CCCc1ccccc1CC(Cc1ccccc1C)C(C)=O. The zero-order valence-electron chi connectivity index (χ0n) is 15.9. The molecule has 0 bridgehead atoms. The Morgan fingerprint density at radius 1 is 0.875 bits per heavy atom. The molecule has 130 valence electrons. The van der Waals surface area contributed by atoms with Crippen LogP contribution in [0.3, 0.4) is 0 Å². The smallest absolute Gasteiger partial charge is 0.133 e. The first-order chi connectivity index (χ1) is 11.6. The van der Waals surface area contributed by atoms with E-state index < -0.39 is 0 Å². The Morgan fingerprint density at radius 2 is 1.38 bits per heavy atom. The number of Topliss-reactive ketones (excluding diaryl/α,β-unsaturated/α-hetero) is 1. The van der Waals surface area contributed by atoms with Crippen LogP contribution in [0.15, 0.2) is 48.5 Å². The maximum atomic E-state index is 12.1.